The van der Waals surface area contributed by atoms with Gasteiger partial charge in [0.25, 0.3) is 0 Å². The van der Waals surface area contributed by atoms with Crippen molar-refractivity contribution in [3.8, 4) is 0 Å². The first kappa shape index (κ1) is 13.9. The van der Waals surface area contributed by atoms with Crippen LogP contribution >= 0.6 is 0 Å². The number of pyridine rings is 1. The molecule has 1 rings (SSSR count). The summed E-state index contributed by atoms with van der Waals surface area (Å²) in [4.78, 5) is 8.91. The summed E-state index contributed by atoms with van der Waals surface area (Å²) in [7, 11) is 8.28. The highest BCUT2D eigenvalue weighted by Crippen LogP contribution is 2.15. The molecule has 1 aromatic rings. The molecule has 0 spiro atoms. The molecule has 0 aromatic carbocycles. The van der Waals surface area contributed by atoms with Gasteiger partial charge in [-0.05, 0) is 40.2 Å². The van der Waals surface area contributed by atoms with Gasteiger partial charge >= 0.3 is 0 Å². The van der Waals surface area contributed by atoms with Gasteiger partial charge in [-0.15, -0.1) is 0 Å². The Morgan fingerprint density at radius 1 is 1.24 bits per heavy atom. The number of nitrogens with zero attached hydrogens (tertiary/aromatic N) is 3. The van der Waals surface area contributed by atoms with Gasteiger partial charge < -0.3 is 15.1 Å². The number of hydrogen-bond acceptors (Lipinski definition) is 4. The summed E-state index contributed by atoms with van der Waals surface area (Å²) >= 11 is 0. The van der Waals surface area contributed by atoms with Crippen molar-refractivity contribution >= 4 is 5.82 Å². The van der Waals surface area contributed by atoms with Gasteiger partial charge in [0, 0.05) is 31.9 Å². The largest absolute Gasteiger partial charge is 0.359 e. The number of anilines is 1. The van der Waals surface area contributed by atoms with Crippen molar-refractivity contribution in [3.63, 3.8) is 0 Å². The molecule has 4 heteroatoms. The summed E-state index contributed by atoms with van der Waals surface area (Å²) in [6.45, 7) is 3.01. The zero-order valence-corrected chi connectivity index (χ0v) is 11.4. The Bertz CT molecular complexity index is 325. The van der Waals surface area contributed by atoms with Crippen molar-refractivity contribution in [3.05, 3.63) is 23.9 Å². The smallest absolute Gasteiger partial charge is 0.132 e. The van der Waals surface area contributed by atoms with E-state index in [-0.39, 0.29) is 0 Å². The molecular weight excluding hydrogens is 212 g/mol. The van der Waals surface area contributed by atoms with E-state index in [0.29, 0.717) is 0 Å². The van der Waals surface area contributed by atoms with Gasteiger partial charge in [-0.1, -0.05) is 6.07 Å². The molecule has 0 aliphatic rings. The molecule has 0 fully saturated rings. The molecule has 1 aromatic heterocycles. The average Bonchev–Trinajstić information content (AvgIpc) is 2.29. The first-order valence-electron chi connectivity index (χ1n) is 6.09. The molecule has 0 unspecified atom stereocenters. The van der Waals surface area contributed by atoms with Crippen LogP contribution in [-0.2, 0) is 6.54 Å². The Morgan fingerprint density at radius 2 is 2.00 bits per heavy atom. The highest BCUT2D eigenvalue weighted by atomic mass is 15.2. The lowest BCUT2D eigenvalue weighted by Crippen LogP contribution is -2.25. The summed E-state index contributed by atoms with van der Waals surface area (Å²) in [5.41, 5.74) is 1.25. The van der Waals surface area contributed by atoms with Crippen molar-refractivity contribution in [2.45, 2.75) is 13.0 Å². The second-order valence-electron chi connectivity index (χ2n) is 4.59. The van der Waals surface area contributed by atoms with E-state index in [1.807, 2.05) is 19.3 Å². The lowest BCUT2D eigenvalue weighted by atomic mass is 10.2. The molecule has 1 heterocycles. The van der Waals surface area contributed by atoms with Crippen LogP contribution in [-0.4, -0.2) is 51.2 Å². The van der Waals surface area contributed by atoms with Gasteiger partial charge in [0.15, 0.2) is 0 Å². The van der Waals surface area contributed by atoms with Gasteiger partial charge in [0.2, 0.25) is 0 Å². The number of aromatic nitrogens is 1. The standard InChI is InChI=1S/C13H24N4/c1-14-11-12-7-5-8-15-13(12)17(4)10-6-9-16(2)3/h5,7-8,14H,6,9-11H2,1-4H3. The van der Waals surface area contributed by atoms with Gasteiger partial charge in [-0.2, -0.15) is 0 Å². The second kappa shape index (κ2) is 7.25. The van der Waals surface area contributed by atoms with E-state index in [4.69, 9.17) is 0 Å². The molecule has 0 amide bonds. The van der Waals surface area contributed by atoms with Crippen LogP contribution in [0.1, 0.15) is 12.0 Å². The summed E-state index contributed by atoms with van der Waals surface area (Å²) in [6, 6.07) is 4.12. The van der Waals surface area contributed by atoms with Crippen LogP contribution in [0.25, 0.3) is 0 Å². The fraction of sp³-hybridized carbons (Fsp3) is 0.615. The Kier molecular flexibility index (Phi) is 5.94. The van der Waals surface area contributed by atoms with Crippen LogP contribution in [0.15, 0.2) is 18.3 Å². The predicted molar refractivity (Wildman–Crippen MR) is 73.4 cm³/mol. The van der Waals surface area contributed by atoms with Crippen molar-refractivity contribution in [1.29, 1.82) is 0 Å². The van der Waals surface area contributed by atoms with Crippen molar-refractivity contribution in [1.82, 2.24) is 15.2 Å². The number of hydrogen-bond donors (Lipinski definition) is 1. The van der Waals surface area contributed by atoms with Gasteiger partial charge in [-0.25, -0.2) is 4.98 Å². The molecule has 17 heavy (non-hydrogen) atoms. The maximum absolute atomic E-state index is 4.47. The number of rotatable bonds is 7. The lowest BCUT2D eigenvalue weighted by molar-refractivity contribution is 0.401. The zero-order chi connectivity index (χ0) is 12.7. The van der Waals surface area contributed by atoms with E-state index in [1.54, 1.807) is 0 Å². The molecule has 1 N–H and O–H groups in total. The predicted octanol–water partition coefficient (Wildman–Crippen LogP) is 1.19. The van der Waals surface area contributed by atoms with Gasteiger partial charge in [-0.3, -0.25) is 0 Å². The Balaban J connectivity index is 2.58. The third-order valence-corrected chi connectivity index (χ3v) is 2.70. The topological polar surface area (TPSA) is 31.4 Å². The summed E-state index contributed by atoms with van der Waals surface area (Å²) in [6.07, 6.45) is 3.01. The van der Waals surface area contributed by atoms with Crippen LogP contribution in [0, 0.1) is 0 Å². The highest BCUT2D eigenvalue weighted by molar-refractivity contribution is 5.45. The minimum Gasteiger partial charge on any atom is -0.359 e. The second-order valence-corrected chi connectivity index (χ2v) is 4.59. The van der Waals surface area contributed by atoms with Crippen LogP contribution in [0.5, 0.6) is 0 Å². The molecule has 0 radical (unpaired) electrons. The molecule has 0 bridgehead atoms. The SMILES string of the molecule is CNCc1cccnc1N(C)CCCN(C)C. The maximum atomic E-state index is 4.47. The Morgan fingerprint density at radius 3 is 2.65 bits per heavy atom. The van der Waals surface area contributed by atoms with E-state index in [2.05, 4.69) is 47.3 Å². The van der Waals surface area contributed by atoms with E-state index < -0.39 is 0 Å². The van der Waals surface area contributed by atoms with E-state index in [1.165, 1.54) is 5.56 Å². The van der Waals surface area contributed by atoms with Crippen molar-refractivity contribution in [2.75, 3.05) is 46.2 Å². The molecule has 4 nitrogen and oxygen atoms in total. The fourth-order valence-corrected chi connectivity index (χ4v) is 1.83. The maximum Gasteiger partial charge on any atom is 0.132 e. The summed E-state index contributed by atoms with van der Waals surface area (Å²) in [5, 5.41) is 3.18. The number of nitrogens with one attached hydrogen (secondary N) is 1. The minimum absolute atomic E-state index is 0.862. The zero-order valence-electron chi connectivity index (χ0n) is 11.4. The molecule has 0 saturated heterocycles. The Hall–Kier alpha value is -1.13. The third-order valence-electron chi connectivity index (χ3n) is 2.70. The molecule has 0 aliphatic heterocycles. The van der Waals surface area contributed by atoms with Crippen molar-refractivity contribution in [2.24, 2.45) is 0 Å². The van der Waals surface area contributed by atoms with Gasteiger partial charge in [0.1, 0.15) is 5.82 Å². The third kappa shape index (κ3) is 4.71. The molecule has 0 atom stereocenters. The first-order chi connectivity index (χ1) is 8.15. The van der Waals surface area contributed by atoms with Crippen LogP contribution in [0.4, 0.5) is 5.82 Å². The van der Waals surface area contributed by atoms with Crippen molar-refractivity contribution < 1.29 is 0 Å². The first-order valence-corrected chi connectivity index (χ1v) is 6.09. The average molecular weight is 236 g/mol. The molecular formula is C13H24N4. The van der Waals surface area contributed by atoms with E-state index in [9.17, 15) is 0 Å². The minimum atomic E-state index is 0.862. The quantitative estimate of drug-likeness (QED) is 0.770. The molecule has 0 saturated carbocycles. The molecule has 96 valence electrons. The Labute approximate surface area is 105 Å². The molecule has 0 aliphatic carbocycles. The van der Waals surface area contributed by atoms with Crippen LogP contribution in [0.2, 0.25) is 0 Å². The summed E-state index contributed by atoms with van der Waals surface area (Å²) < 4.78 is 0. The van der Waals surface area contributed by atoms with Gasteiger partial charge in [0.05, 0.1) is 0 Å². The fourth-order valence-electron chi connectivity index (χ4n) is 1.83. The summed E-state index contributed by atoms with van der Waals surface area (Å²) in [5.74, 6) is 1.08. The lowest BCUT2D eigenvalue weighted by Gasteiger charge is -2.21. The van der Waals surface area contributed by atoms with Crippen LogP contribution in [0.3, 0.4) is 0 Å². The van der Waals surface area contributed by atoms with E-state index in [0.717, 1.165) is 31.9 Å². The normalized spacial score (nSPS) is 10.9. The monoisotopic (exact) mass is 236 g/mol. The highest BCUT2D eigenvalue weighted by Gasteiger charge is 2.07. The van der Waals surface area contributed by atoms with E-state index >= 15 is 0 Å². The van der Waals surface area contributed by atoms with Crippen LogP contribution < -0.4 is 10.2 Å².